The van der Waals surface area contributed by atoms with Crippen LogP contribution in [0.3, 0.4) is 0 Å². The standard InChI is InChI=1S/C31H44N4O4.C2HF3O2/c1-5-6-12-26(22-35(39)23-36)30(38)32-29(31(2,3)4)28(37)25-13-15-27(16-14-25)34-19-17-33(18-20-34)21-24-10-8-7-9-11-24;3-2(4,5)1(6)7/h7-11,13-16,23,26,29,39H,5-6,12,17-22H2,1-4H3,(H,32,38);(H,6,7)/t26-,29-;/m1./s1. The van der Waals surface area contributed by atoms with Crippen LogP contribution in [0.25, 0.3) is 0 Å². The second kappa shape index (κ2) is 17.7. The first-order chi connectivity index (χ1) is 21.6. The van der Waals surface area contributed by atoms with Crippen LogP contribution in [0.4, 0.5) is 18.9 Å². The highest BCUT2D eigenvalue weighted by Crippen LogP contribution is 2.26. The molecule has 254 valence electrons. The summed E-state index contributed by atoms with van der Waals surface area (Å²) in [4.78, 5) is 51.4. The van der Waals surface area contributed by atoms with Crippen molar-refractivity contribution in [3.63, 3.8) is 0 Å². The average Bonchev–Trinajstić information content (AvgIpc) is 3.01. The smallest absolute Gasteiger partial charge is 0.475 e. The number of aliphatic carboxylic acids is 1. The highest BCUT2D eigenvalue weighted by Gasteiger charge is 2.38. The Morgan fingerprint density at radius 3 is 2.02 bits per heavy atom. The molecule has 13 heteroatoms. The number of halogens is 3. The average molecular weight is 651 g/mol. The fourth-order valence-electron chi connectivity index (χ4n) is 4.97. The maximum Gasteiger partial charge on any atom is 0.490 e. The minimum atomic E-state index is -5.08. The Morgan fingerprint density at radius 2 is 1.54 bits per heavy atom. The Morgan fingerprint density at radius 1 is 0.978 bits per heavy atom. The number of carbonyl (C=O) groups is 4. The number of nitrogens with zero attached hydrogens (tertiary/aromatic N) is 3. The highest BCUT2D eigenvalue weighted by atomic mass is 19.4. The van der Waals surface area contributed by atoms with Gasteiger partial charge in [-0.25, -0.2) is 9.86 Å². The zero-order chi connectivity index (χ0) is 34.5. The van der Waals surface area contributed by atoms with E-state index in [1.807, 2.05) is 58.0 Å². The molecule has 2 amide bonds. The molecule has 1 saturated heterocycles. The number of amides is 2. The Kier molecular flexibility index (Phi) is 14.7. The van der Waals surface area contributed by atoms with Gasteiger partial charge >= 0.3 is 12.1 Å². The molecule has 2 atom stereocenters. The Balaban J connectivity index is 0.000000942. The fourth-order valence-corrected chi connectivity index (χ4v) is 4.97. The number of rotatable bonds is 13. The number of nitrogens with one attached hydrogen (secondary N) is 1. The van der Waals surface area contributed by atoms with Crippen LogP contribution in [-0.2, 0) is 20.9 Å². The number of benzene rings is 2. The fraction of sp³-hybridized carbons (Fsp3) is 0.515. The molecule has 10 nitrogen and oxygen atoms in total. The SMILES string of the molecule is CCCC[C@H](CN(O)C=O)C(=O)N[C@H](C(=O)c1ccc(N2CCN(Cc3ccccc3)CC2)cc1)C(C)(C)C.O=C(O)C(F)(F)F. The number of anilines is 1. The molecule has 0 radical (unpaired) electrons. The van der Waals surface area contributed by atoms with Gasteiger partial charge in [0.1, 0.15) is 0 Å². The molecule has 0 spiro atoms. The monoisotopic (exact) mass is 650 g/mol. The number of hydrogen-bond acceptors (Lipinski definition) is 7. The van der Waals surface area contributed by atoms with Crippen LogP contribution < -0.4 is 10.2 Å². The highest BCUT2D eigenvalue weighted by molar-refractivity contribution is 6.02. The maximum atomic E-state index is 13.6. The van der Waals surface area contributed by atoms with Gasteiger partial charge in [-0.15, -0.1) is 0 Å². The third-order valence-corrected chi connectivity index (χ3v) is 7.60. The van der Waals surface area contributed by atoms with Gasteiger partial charge in [-0.05, 0) is 41.7 Å². The predicted octanol–water partition coefficient (Wildman–Crippen LogP) is 5.01. The lowest BCUT2D eigenvalue weighted by Crippen LogP contribution is -2.52. The van der Waals surface area contributed by atoms with Gasteiger partial charge in [0.2, 0.25) is 12.3 Å². The quantitative estimate of drug-likeness (QED) is 0.119. The van der Waals surface area contributed by atoms with E-state index in [9.17, 15) is 32.8 Å². The molecule has 3 N–H and O–H groups in total. The molecule has 1 fully saturated rings. The van der Waals surface area contributed by atoms with Gasteiger partial charge in [-0.3, -0.25) is 24.5 Å². The van der Waals surface area contributed by atoms with Crippen LogP contribution in [-0.4, -0.2) is 89.3 Å². The van der Waals surface area contributed by atoms with E-state index in [1.165, 1.54) is 5.56 Å². The Bertz CT molecular complexity index is 1260. The molecular formula is C33H45F3N4O6. The van der Waals surface area contributed by atoms with Crippen molar-refractivity contribution < 1.29 is 42.7 Å². The van der Waals surface area contributed by atoms with Crippen molar-refractivity contribution in [2.75, 3.05) is 37.6 Å². The van der Waals surface area contributed by atoms with Crippen LogP contribution in [0.1, 0.15) is 62.9 Å². The summed E-state index contributed by atoms with van der Waals surface area (Å²) in [5, 5.41) is 20.2. The number of alkyl halides is 3. The summed E-state index contributed by atoms with van der Waals surface area (Å²) >= 11 is 0. The van der Waals surface area contributed by atoms with E-state index in [0.717, 1.165) is 51.3 Å². The predicted molar refractivity (Wildman–Crippen MR) is 167 cm³/mol. The van der Waals surface area contributed by atoms with Crippen molar-refractivity contribution in [1.82, 2.24) is 15.3 Å². The third-order valence-electron chi connectivity index (χ3n) is 7.60. The summed E-state index contributed by atoms with van der Waals surface area (Å²) in [5.74, 6) is -3.84. The minimum absolute atomic E-state index is 0.103. The molecule has 2 aromatic carbocycles. The van der Waals surface area contributed by atoms with Crippen LogP contribution in [0.2, 0.25) is 0 Å². The molecule has 1 heterocycles. The summed E-state index contributed by atoms with van der Waals surface area (Å²) in [6, 6.07) is 17.4. The Labute approximate surface area is 268 Å². The first kappa shape index (κ1) is 38.2. The van der Waals surface area contributed by atoms with E-state index >= 15 is 0 Å². The molecule has 46 heavy (non-hydrogen) atoms. The number of ketones is 1. The molecule has 1 aliphatic rings. The minimum Gasteiger partial charge on any atom is -0.475 e. The number of carboxylic acids is 1. The van der Waals surface area contributed by atoms with Crippen molar-refractivity contribution >= 4 is 29.8 Å². The molecular weight excluding hydrogens is 605 g/mol. The van der Waals surface area contributed by atoms with E-state index in [1.54, 1.807) is 0 Å². The number of unbranched alkanes of at least 4 members (excludes halogenated alkanes) is 1. The molecule has 3 rings (SSSR count). The number of hydrogen-bond donors (Lipinski definition) is 3. The van der Waals surface area contributed by atoms with Gasteiger partial charge in [-0.1, -0.05) is 70.9 Å². The third kappa shape index (κ3) is 12.4. The lowest BCUT2D eigenvalue weighted by atomic mass is 9.81. The number of piperazine rings is 1. The number of Topliss-reactive ketones (excluding diaryl/α,β-unsaturated/α-hetero) is 1. The number of hydroxylamine groups is 2. The van der Waals surface area contributed by atoms with Gasteiger partial charge in [0.05, 0.1) is 18.5 Å². The van der Waals surface area contributed by atoms with Gasteiger partial charge < -0.3 is 15.3 Å². The van der Waals surface area contributed by atoms with Crippen LogP contribution in [0, 0.1) is 11.3 Å². The van der Waals surface area contributed by atoms with Crippen LogP contribution in [0.5, 0.6) is 0 Å². The second-order valence-electron chi connectivity index (χ2n) is 12.3. The van der Waals surface area contributed by atoms with E-state index in [4.69, 9.17) is 9.90 Å². The summed E-state index contributed by atoms with van der Waals surface area (Å²) < 4.78 is 31.7. The van der Waals surface area contributed by atoms with Gasteiger partial charge in [0, 0.05) is 44.0 Å². The second-order valence-corrected chi connectivity index (χ2v) is 12.3. The normalized spacial score (nSPS) is 15.2. The van der Waals surface area contributed by atoms with E-state index in [2.05, 4.69) is 39.4 Å². The summed E-state index contributed by atoms with van der Waals surface area (Å²) in [6.45, 7) is 12.4. The molecule has 1 aliphatic heterocycles. The van der Waals surface area contributed by atoms with Crippen molar-refractivity contribution in [2.24, 2.45) is 11.3 Å². The molecule has 0 aliphatic carbocycles. The van der Waals surface area contributed by atoms with Crippen LogP contribution >= 0.6 is 0 Å². The number of carboxylic acid groups (broad SMARTS) is 1. The number of carbonyl (C=O) groups excluding carboxylic acids is 3. The lowest BCUT2D eigenvalue weighted by molar-refractivity contribution is -0.192. The molecule has 0 bridgehead atoms. The zero-order valence-corrected chi connectivity index (χ0v) is 26.8. The van der Waals surface area contributed by atoms with Gasteiger partial charge in [0.25, 0.3) is 0 Å². The Hall–Kier alpha value is -3.97. The summed E-state index contributed by atoms with van der Waals surface area (Å²) in [6.07, 6.45) is -2.61. The largest absolute Gasteiger partial charge is 0.490 e. The first-order valence-corrected chi connectivity index (χ1v) is 15.2. The van der Waals surface area contributed by atoms with E-state index < -0.39 is 29.5 Å². The van der Waals surface area contributed by atoms with E-state index in [0.29, 0.717) is 23.5 Å². The molecule has 0 aromatic heterocycles. The molecule has 2 aromatic rings. The maximum absolute atomic E-state index is 13.6. The van der Waals surface area contributed by atoms with Gasteiger partial charge in [-0.2, -0.15) is 13.2 Å². The topological polar surface area (TPSA) is 130 Å². The summed E-state index contributed by atoms with van der Waals surface area (Å²) in [7, 11) is 0. The van der Waals surface area contributed by atoms with Crippen LogP contribution in [0.15, 0.2) is 54.6 Å². The summed E-state index contributed by atoms with van der Waals surface area (Å²) in [5.41, 5.74) is 2.42. The van der Waals surface area contributed by atoms with Crippen molar-refractivity contribution in [2.45, 2.75) is 65.7 Å². The van der Waals surface area contributed by atoms with Crippen molar-refractivity contribution in [3.8, 4) is 0 Å². The first-order valence-electron chi connectivity index (χ1n) is 15.2. The van der Waals surface area contributed by atoms with Crippen molar-refractivity contribution in [1.29, 1.82) is 0 Å². The van der Waals surface area contributed by atoms with E-state index in [-0.39, 0.29) is 18.2 Å². The van der Waals surface area contributed by atoms with Gasteiger partial charge in [0.15, 0.2) is 5.78 Å². The molecule has 0 saturated carbocycles. The zero-order valence-electron chi connectivity index (χ0n) is 26.8. The van der Waals surface area contributed by atoms with Crippen molar-refractivity contribution in [3.05, 3.63) is 65.7 Å². The molecule has 0 unspecified atom stereocenters. The lowest BCUT2D eigenvalue weighted by Gasteiger charge is -2.36.